The van der Waals surface area contributed by atoms with Crippen LogP contribution < -0.4 is 9.46 Å². The molecule has 1 N–H and O–H groups in total. The molecule has 1 heterocycles. The zero-order valence-corrected chi connectivity index (χ0v) is 23.1. The number of rotatable bonds is 10. The molecule has 0 radical (unpaired) electrons. The third-order valence-electron chi connectivity index (χ3n) is 7.10. The van der Waals surface area contributed by atoms with Gasteiger partial charge in [0.1, 0.15) is 5.75 Å². The summed E-state index contributed by atoms with van der Waals surface area (Å²) in [5.74, 6) is 2.42. The van der Waals surface area contributed by atoms with Gasteiger partial charge >= 0.3 is 0 Å². The average molecular weight is 545 g/mol. The monoisotopic (exact) mass is 543 g/mol. The highest BCUT2D eigenvalue weighted by Gasteiger charge is 2.27. The van der Waals surface area contributed by atoms with Gasteiger partial charge < -0.3 is 9.64 Å². The van der Waals surface area contributed by atoms with E-state index in [1.54, 1.807) is 14.1 Å². The van der Waals surface area contributed by atoms with Crippen molar-refractivity contribution < 1.29 is 13.2 Å². The van der Waals surface area contributed by atoms with Crippen molar-refractivity contribution in [2.75, 3.05) is 33.7 Å². The molecule has 0 atom stereocenters. The lowest BCUT2D eigenvalue weighted by Gasteiger charge is -2.34. The Morgan fingerprint density at radius 2 is 1.76 bits per heavy atom. The molecule has 1 aliphatic carbocycles. The van der Waals surface area contributed by atoms with Crippen LogP contribution in [0.5, 0.6) is 5.75 Å². The van der Waals surface area contributed by atoms with E-state index in [1.165, 1.54) is 53.2 Å². The summed E-state index contributed by atoms with van der Waals surface area (Å²) in [6, 6.07) is 6.45. The van der Waals surface area contributed by atoms with Crippen molar-refractivity contribution in [1.29, 1.82) is 0 Å². The van der Waals surface area contributed by atoms with Crippen LogP contribution in [0.1, 0.15) is 64.4 Å². The van der Waals surface area contributed by atoms with E-state index in [9.17, 15) is 8.42 Å². The molecule has 2 aliphatic rings. The maximum Gasteiger partial charge on any atom is 0.279 e. The van der Waals surface area contributed by atoms with E-state index in [1.807, 2.05) is 6.07 Å². The smallest absolute Gasteiger partial charge is 0.279 e. The first-order chi connectivity index (χ1) is 15.6. The minimum Gasteiger partial charge on any atom is -0.491 e. The van der Waals surface area contributed by atoms with Gasteiger partial charge in [-0.1, -0.05) is 15.9 Å². The molecule has 0 aromatic heterocycles. The van der Waals surface area contributed by atoms with Crippen LogP contribution in [0.25, 0.3) is 0 Å². The van der Waals surface area contributed by atoms with Crippen LogP contribution in [0.4, 0.5) is 0 Å². The summed E-state index contributed by atoms with van der Waals surface area (Å²) in [6.07, 6.45) is 9.19. The van der Waals surface area contributed by atoms with Gasteiger partial charge in [-0.25, -0.2) is 0 Å². The Hall–Kier alpha value is -0.670. The van der Waals surface area contributed by atoms with Crippen molar-refractivity contribution in [2.24, 2.45) is 11.8 Å². The first kappa shape index (κ1) is 26.9. The summed E-state index contributed by atoms with van der Waals surface area (Å²) in [4.78, 5) is 2.63. The number of nitrogens with zero attached hydrogens (tertiary/aromatic N) is 2. The minimum atomic E-state index is -3.32. The fraction of sp³-hybridized carbons (Fsp3) is 0.760. The Kier molecular flexibility index (Phi) is 10.1. The molecular weight excluding hydrogens is 502 g/mol. The number of hydrogen-bond acceptors (Lipinski definition) is 4. The van der Waals surface area contributed by atoms with Crippen LogP contribution in [0.15, 0.2) is 22.7 Å². The predicted molar refractivity (Wildman–Crippen MR) is 139 cm³/mol. The summed E-state index contributed by atoms with van der Waals surface area (Å²) < 4.78 is 35.2. The van der Waals surface area contributed by atoms with Crippen LogP contribution in [-0.4, -0.2) is 63.5 Å². The third-order valence-corrected chi connectivity index (χ3v) is 9.47. The Bertz CT molecular complexity index is 846. The Morgan fingerprint density at radius 3 is 2.36 bits per heavy atom. The van der Waals surface area contributed by atoms with Gasteiger partial charge in [-0.15, -0.1) is 0 Å². The molecule has 1 saturated carbocycles. The molecule has 1 aliphatic heterocycles. The Morgan fingerprint density at radius 1 is 1.09 bits per heavy atom. The number of likely N-dealkylation sites (tertiary alicyclic amines) is 1. The molecule has 2 fully saturated rings. The van der Waals surface area contributed by atoms with Crippen molar-refractivity contribution in [1.82, 2.24) is 13.9 Å². The summed E-state index contributed by atoms with van der Waals surface area (Å²) in [6.45, 7) is 7.67. The molecular formula is C25H42BrN3O3S. The molecule has 0 spiro atoms. The van der Waals surface area contributed by atoms with E-state index in [-0.39, 0.29) is 12.1 Å². The fourth-order valence-electron chi connectivity index (χ4n) is 5.03. The molecule has 0 unspecified atom stereocenters. The highest BCUT2D eigenvalue weighted by Crippen LogP contribution is 2.31. The molecule has 3 rings (SSSR count). The Balaban J connectivity index is 1.36. The van der Waals surface area contributed by atoms with Crippen LogP contribution in [-0.2, 0) is 16.6 Å². The van der Waals surface area contributed by atoms with Gasteiger partial charge in [0, 0.05) is 24.6 Å². The van der Waals surface area contributed by atoms with Gasteiger partial charge in [0.05, 0.1) is 6.10 Å². The van der Waals surface area contributed by atoms with Gasteiger partial charge in [-0.2, -0.15) is 17.4 Å². The van der Waals surface area contributed by atoms with Gasteiger partial charge in [0.2, 0.25) is 0 Å². The maximum atomic E-state index is 12.0. The molecule has 33 heavy (non-hydrogen) atoms. The lowest BCUT2D eigenvalue weighted by atomic mass is 9.84. The molecule has 0 amide bonds. The van der Waals surface area contributed by atoms with Gasteiger partial charge in [-0.3, -0.25) is 0 Å². The van der Waals surface area contributed by atoms with Crippen LogP contribution in [0.2, 0.25) is 0 Å². The average Bonchev–Trinajstić information content (AvgIpc) is 2.76. The first-order valence-electron chi connectivity index (χ1n) is 12.5. The lowest BCUT2D eigenvalue weighted by Crippen LogP contribution is -2.43. The highest BCUT2D eigenvalue weighted by atomic mass is 79.9. The van der Waals surface area contributed by atoms with Gasteiger partial charge in [-0.05, 0) is 120 Å². The van der Waals surface area contributed by atoms with Crippen molar-refractivity contribution in [3.63, 3.8) is 0 Å². The molecule has 1 aromatic carbocycles. The summed E-state index contributed by atoms with van der Waals surface area (Å²) in [7, 11) is -0.163. The first-order valence-corrected chi connectivity index (χ1v) is 14.7. The zero-order chi connectivity index (χ0) is 24.0. The van der Waals surface area contributed by atoms with Crippen molar-refractivity contribution in [2.45, 2.75) is 77.4 Å². The number of hydrogen-bond donors (Lipinski definition) is 1. The van der Waals surface area contributed by atoms with Gasteiger partial charge in [0.25, 0.3) is 10.2 Å². The van der Waals surface area contributed by atoms with Crippen LogP contribution in [0.3, 0.4) is 0 Å². The maximum absolute atomic E-state index is 12.0. The quantitative estimate of drug-likeness (QED) is 0.458. The number of ether oxygens (including phenoxy) is 1. The SMILES string of the molecule is CC(C)Oc1ccc(Br)c(CC2CCN(CC[C@H]3CC[C@H](NS(=O)(=O)N(C)C)CC3)CC2)c1. The second-order valence-corrected chi connectivity index (χ2v) is 13.1. The third kappa shape index (κ3) is 8.49. The number of piperidine rings is 1. The molecule has 8 heteroatoms. The standard InChI is InChI=1S/C25H42BrN3O3S/c1-19(2)32-24-9-10-25(26)22(18-24)17-21-12-15-29(16-13-21)14-11-20-5-7-23(8-6-20)27-33(30,31)28(3)4/h9-10,18-21,23,27H,5-8,11-17H2,1-4H3/t20-,23-. The van der Waals surface area contributed by atoms with Crippen molar-refractivity contribution >= 4 is 26.1 Å². The van der Waals surface area contributed by atoms with Crippen LogP contribution in [0, 0.1) is 11.8 Å². The van der Waals surface area contributed by atoms with E-state index < -0.39 is 10.2 Å². The highest BCUT2D eigenvalue weighted by molar-refractivity contribution is 9.10. The summed E-state index contributed by atoms with van der Waals surface area (Å²) in [5.41, 5.74) is 1.35. The molecule has 1 saturated heterocycles. The summed E-state index contributed by atoms with van der Waals surface area (Å²) in [5, 5.41) is 0. The fourth-order valence-corrected chi connectivity index (χ4v) is 6.30. The molecule has 6 nitrogen and oxygen atoms in total. The topological polar surface area (TPSA) is 61.9 Å². The van der Waals surface area contributed by atoms with E-state index in [4.69, 9.17) is 4.74 Å². The van der Waals surface area contributed by atoms with E-state index in [0.717, 1.165) is 49.7 Å². The zero-order valence-electron chi connectivity index (χ0n) is 20.7. The summed E-state index contributed by atoms with van der Waals surface area (Å²) >= 11 is 3.73. The number of nitrogens with one attached hydrogen (secondary N) is 1. The molecule has 1 aromatic rings. The Labute approximate surface area is 209 Å². The largest absolute Gasteiger partial charge is 0.491 e. The molecule has 188 valence electrons. The van der Waals surface area contributed by atoms with Crippen molar-refractivity contribution in [3.05, 3.63) is 28.2 Å². The van der Waals surface area contributed by atoms with Crippen LogP contribution >= 0.6 is 15.9 Å². The molecule has 0 bridgehead atoms. The van der Waals surface area contributed by atoms with Crippen molar-refractivity contribution in [3.8, 4) is 5.75 Å². The van der Waals surface area contributed by atoms with E-state index in [2.05, 4.69) is 51.5 Å². The lowest BCUT2D eigenvalue weighted by molar-refractivity contribution is 0.164. The van der Waals surface area contributed by atoms with E-state index in [0.29, 0.717) is 0 Å². The number of halogens is 1. The second-order valence-electron chi connectivity index (χ2n) is 10.3. The minimum absolute atomic E-state index is 0.0909. The van der Waals surface area contributed by atoms with Gasteiger partial charge in [0.15, 0.2) is 0 Å². The second kappa shape index (κ2) is 12.3. The number of benzene rings is 1. The predicted octanol–water partition coefficient (Wildman–Crippen LogP) is 4.84. The van der Waals surface area contributed by atoms with E-state index >= 15 is 0 Å². The normalized spacial score (nSPS) is 23.4.